The van der Waals surface area contributed by atoms with Crippen molar-refractivity contribution in [1.29, 1.82) is 0 Å². The molecule has 0 aliphatic heterocycles. The van der Waals surface area contributed by atoms with Crippen molar-refractivity contribution in [2.24, 2.45) is 0 Å². The van der Waals surface area contributed by atoms with Gasteiger partial charge in [-0.2, -0.15) is 0 Å². The average Bonchev–Trinajstić information content (AvgIpc) is 2.22. The largest absolute Gasteiger partial charge is 0.343 e. The zero-order valence-electron chi connectivity index (χ0n) is 13.0. The molecule has 108 valence electrons. The Morgan fingerprint density at radius 1 is 1.17 bits per heavy atom. The topological polar surface area (TPSA) is 35.6 Å². The number of hydrogen-bond acceptors (Lipinski definition) is 3. The maximum Gasteiger partial charge on any atom is 0.223 e. The lowest BCUT2D eigenvalue weighted by molar-refractivity contribution is -0.131. The van der Waals surface area contributed by atoms with Gasteiger partial charge in [0, 0.05) is 31.6 Å². The number of nitrogens with one attached hydrogen (secondary N) is 1. The standard InChI is InChI=1S/C14H31N3O/c1-7-17(12-8-11-16(5)6)13(18)9-10-15-14(2,3)4/h15H,7-12H2,1-6H3. The van der Waals surface area contributed by atoms with Gasteiger partial charge in [0.2, 0.25) is 5.91 Å². The lowest BCUT2D eigenvalue weighted by atomic mass is 10.1. The molecule has 0 fully saturated rings. The maximum absolute atomic E-state index is 12.0. The third kappa shape index (κ3) is 9.42. The summed E-state index contributed by atoms with van der Waals surface area (Å²) >= 11 is 0. The van der Waals surface area contributed by atoms with Crippen LogP contribution in [0.2, 0.25) is 0 Å². The Hall–Kier alpha value is -0.610. The van der Waals surface area contributed by atoms with Gasteiger partial charge in [-0.1, -0.05) is 0 Å². The van der Waals surface area contributed by atoms with E-state index in [1.165, 1.54) is 0 Å². The molecule has 0 bridgehead atoms. The van der Waals surface area contributed by atoms with Gasteiger partial charge in [0.15, 0.2) is 0 Å². The minimum Gasteiger partial charge on any atom is -0.343 e. The molecule has 0 saturated carbocycles. The van der Waals surface area contributed by atoms with Crippen LogP contribution in [0, 0.1) is 0 Å². The smallest absolute Gasteiger partial charge is 0.223 e. The second-order valence-electron chi connectivity index (χ2n) is 6.06. The van der Waals surface area contributed by atoms with Gasteiger partial charge in [-0.25, -0.2) is 0 Å². The highest BCUT2D eigenvalue weighted by Crippen LogP contribution is 2.01. The quantitative estimate of drug-likeness (QED) is 0.717. The molecule has 0 spiro atoms. The summed E-state index contributed by atoms with van der Waals surface area (Å²) in [5, 5.41) is 3.35. The molecule has 0 aromatic rings. The van der Waals surface area contributed by atoms with Gasteiger partial charge in [0.05, 0.1) is 0 Å². The van der Waals surface area contributed by atoms with E-state index in [9.17, 15) is 4.79 Å². The predicted molar refractivity (Wildman–Crippen MR) is 77.8 cm³/mol. The van der Waals surface area contributed by atoms with E-state index in [-0.39, 0.29) is 11.4 Å². The number of nitrogens with zero attached hydrogens (tertiary/aromatic N) is 2. The predicted octanol–water partition coefficient (Wildman–Crippen LogP) is 1.56. The van der Waals surface area contributed by atoms with Crippen LogP contribution >= 0.6 is 0 Å². The fraction of sp³-hybridized carbons (Fsp3) is 0.929. The molecule has 4 heteroatoms. The van der Waals surface area contributed by atoms with E-state index in [0.717, 1.165) is 32.6 Å². The molecule has 0 aromatic carbocycles. The van der Waals surface area contributed by atoms with Gasteiger partial charge in [-0.05, 0) is 54.8 Å². The Labute approximate surface area is 113 Å². The van der Waals surface area contributed by atoms with Crippen LogP contribution in [0.4, 0.5) is 0 Å². The van der Waals surface area contributed by atoms with E-state index in [2.05, 4.69) is 45.1 Å². The minimum atomic E-state index is 0.0856. The summed E-state index contributed by atoms with van der Waals surface area (Å²) in [4.78, 5) is 16.1. The lowest BCUT2D eigenvalue weighted by Gasteiger charge is -2.24. The Balaban J connectivity index is 3.89. The van der Waals surface area contributed by atoms with Gasteiger partial charge in [-0.15, -0.1) is 0 Å². The van der Waals surface area contributed by atoms with Crippen LogP contribution in [0.3, 0.4) is 0 Å². The lowest BCUT2D eigenvalue weighted by Crippen LogP contribution is -2.40. The molecule has 1 N–H and O–H groups in total. The summed E-state index contributed by atoms with van der Waals surface area (Å²) < 4.78 is 0. The van der Waals surface area contributed by atoms with Crippen molar-refractivity contribution >= 4 is 5.91 Å². The summed E-state index contributed by atoms with van der Waals surface area (Å²) in [6, 6.07) is 0. The van der Waals surface area contributed by atoms with E-state index in [4.69, 9.17) is 0 Å². The van der Waals surface area contributed by atoms with Crippen molar-refractivity contribution in [3.8, 4) is 0 Å². The first kappa shape index (κ1) is 17.4. The van der Waals surface area contributed by atoms with Gasteiger partial charge in [-0.3, -0.25) is 4.79 Å². The molecule has 1 amide bonds. The fourth-order valence-electron chi connectivity index (χ4n) is 1.74. The van der Waals surface area contributed by atoms with Crippen LogP contribution in [0.5, 0.6) is 0 Å². The van der Waals surface area contributed by atoms with Crippen molar-refractivity contribution in [2.45, 2.75) is 46.1 Å². The number of amides is 1. The Bertz CT molecular complexity index is 234. The van der Waals surface area contributed by atoms with Crippen molar-refractivity contribution in [3.05, 3.63) is 0 Å². The molecule has 0 heterocycles. The zero-order chi connectivity index (χ0) is 14.2. The highest BCUT2D eigenvalue weighted by molar-refractivity contribution is 5.76. The monoisotopic (exact) mass is 257 g/mol. The van der Waals surface area contributed by atoms with Crippen molar-refractivity contribution < 1.29 is 4.79 Å². The zero-order valence-corrected chi connectivity index (χ0v) is 13.0. The normalized spacial score (nSPS) is 11.9. The van der Waals surface area contributed by atoms with Gasteiger partial charge < -0.3 is 15.1 Å². The highest BCUT2D eigenvalue weighted by Gasteiger charge is 2.13. The van der Waals surface area contributed by atoms with E-state index < -0.39 is 0 Å². The first-order valence-electron chi connectivity index (χ1n) is 6.94. The second-order valence-corrected chi connectivity index (χ2v) is 6.06. The van der Waals surface area contributed by atoms with E-state index in [1.807, 2.05) is 11.8 Å². The van der Waals surface area contributed by atoms with Crippen LogP contribution in [0.15, 0.2) is 0 Å². The molecule has 0 rings (SSSR count). The van der Waals surface area contributed by atoms with Crippen LogP contribution in [0.25, 0.3) is 0 Å². The van der Waals surface area contributed by atoms with E-state index in [0.29, 0.717) is 6.42 Å². The molecule has 0 aromatic heterocycles. The summed E-state index contributed by atoms with van der Waals surface area (Å²) in [5.41, 5.74) is 0.0856. The van der Waals surface area contributed by atoms with E-state index >= 15 is 0 Å². The Kier molecular flexibility index (Phi) is 8.20. The van der Waals surface area contributed by atoms with Gasteiger partial charge in [0.25, 0.3) is 0 Å². The first-order chi connectivity index (χ1) is 8.26. The maximum atomic E-state index is 12.0. The van der Waals surface area contributed by atoms with Crippen molar-refractivity contribution in [2.75, 3.05) is 40.3 Å². The third-order valence-electron chi connectivity index (χ3n) is 2.76. The molecule has 0 radical (unpaired) electrons. The van der Waals surface area contributed by atoms with Crippen LogP contribution in [-0.2, 0) is 4.79 Å². The van der Waals surface area contributed by atoms with Crippen LogP contribution in [0.1, 0.15) is 40.5 Å². The molecule has 4 nitrogen and oxygen atoms in total. The summed E-state index contributed by atoms with van der Waals surface area (Å²) in [5.74, 6) is 0.257. The Morgan fingerprint density at radius 2 is 1.78 bits per heavy atom. The van der Waals surface area contributed by atoms with Crippen LogP contribution < -0.4 is 5.32 Å². The van der Waals surface area contributed by atoms with Crippen molar-refractivity contribution in [3.63, 3.8) is 0 Å². The summed E-state index contributed by atoms with van der Waals surface area (Å²) in [7, 11) is 4.12. The third-order valence-corrected chi connectivity index (χ3v) is 2.76. The second kappa shape index (κ2) is 8.48. The molecule has 0 aliphatic rings. The number of carbonyl (C=O) groups excluding carboxylic acids is 1. The summed E-state index contributed by atoms with van der Waals surface area (Å²) in [6.07, 6.45) is 1.63. The van der Waals surface area contributed by atoms with Gasteiger partial charge >= 0.3 is 0 Å². The highest BCUT2D eigenvalue weighted by atomic mass is 16.2. The molecule has 18 heavy (non-hydrogen) atoms. The SMILES string of the molecule is CCN(CCCN(C)C)C(=O)CCNC(C)(C)C. The molecule has 0 atom stereocenters. The molecular weight excluding hydrogens is 226 g/mol. The molecule has 0 aliphatic carbocycles. The number of carbonyl (C=O) groups is 1. The van der Waals surface area contributed by atoms with Crippen molar-refractivity contribution in [1.82, 2.24) is 15.1 Å². The fourth-order valence-corrected chi connectivity index (χ4v) is 1.74. The minimum absolute atomic E-state index is 0.0856. The molecule has 0 saturated heterocycles. The summed E-state index contributed by atoms with van der Waals surface area (Å²) in [6.45, 7) is 11.9. The van der Waals surface area contributed by atoms with Gasteiger partial charge in [0.1, 0.15) is 0 Å². The average molecular weight is 257 g/mol. The number of hydrogen-bond donors (Lipinski definition) is 1. The molecular formula is C14H31N3O. The Morgan fingerprint density at radius 3 is 2.22 bits per heavy atom. The molecule has 0 unspecified atom stereocenters. The first-order valence-corrected chi connectivity index (χ1v) is 6.94. The number of rotatable bonds is 8. The van der Waals surface area contributed by atoms with E-state index in [1.54, 1.807) is 0 Å². The van der Waals surface area contributed by atoms with Crippen LogP contribution in [-0.4, -0.2) is 61.5 Å².